The van der Waals surface area contributed by atoms with Crippen molar-refractivity contribution in [3.63, 3.8) is 0 Å². The Kier molecular flexibility index (Phi) is 11.3. The van der Waals surface area contributed by atoms with Crippen LogP contribution in [0.2, 0.25) is 0 Å². The number of aliphatic hydroxyl groups excluding tert-OH is 1. The van der Waals surface area contributed by atoms with Crippen LogP contribution in [0.1, 0.15) is 13.8 Å². The predicted octanol–water partition coefficient (Wildman–Crippen LogP) is -2.64. The predicted molar refractivity (Wildman–Crippen MR) is 101 cm³/mol. The SMILES string of the molecule is CC(C)C(NC(=O)C(N)CS)C(=O)NC(CO)C(=O)NC(CS)C(=O)O. The van der Waals surface area contributed by atoms with Crippen LogP contribution in [-0.2, 0) is 19.2 Å². The molecule has 0 aromatic rings. The highest BCUT2D eigenvalue weighted by Gasteiger charge is 2.30. The van der Waals surface area contributed by atoms with E-state index < -0.39 is 54.5 Å². The molecule has 0 aromatic heterocycles. The van der Waals surface area contributed by atoms with Gasteiger partial charge in [0.25, 0.3) is 0 Å². The minimum Gasteiger partial charge on any atom is -0.480 e. The fourth-order valence-corrected chi connectivity index (χ4v) is 2.20. The van der Waals surface area contributed by atoms with Gasteiger partial charge in [0.1, 0.15) is 18.1 Å². The van der Waals surface area contributed by atoms with E-state index in [0.717, 1.165) is 0 Å². The maximum atomic E-state index is 12.4. The highest BCUT2D eigenvalue weighted by Crippen LogP contribution is 2.04. The third-order valence-electron chi connectivity index (χ3n) is 3.39. The first kappa shape index (κ1) is 24.5. The van der Waals surface area contributed by atoms with Crippen molar-refractivity contribution in [2.45, 2.75) is 38.0 Å². The second kappa shape index (κ2) is 12.0. The number of carboxylic acids is 1. The Morgan fingerprint density at radius 3 is 1.85 bits per heavy atom. The van der Waals surface area contributed by atoms with Gasteiger partial charge in [0.05, 0.1) is 12.6 Å². The molecule has 3 amide bonds. The number of thiol groups is 2. The standard InChI is InChI=1S/C14H26N4O6S2/c1-6(2)10(18-11(20)7(15)4-25)13(22)16-8(3-19)12(21)17-9(5-26)14(23)24/h6-10,19,25-26H,3-5,15H2,1-2H3,(H,16,22)(H,17,21)(H,18,20)(H,23,24). The Hall–Kier alpha value is -1.50. The molecule has 0 spiro atoms. The fraction of sp³-hybridized carbons (Fsp3) is 0.714. The van der Waals surface area contributed by atoms with Crippen molar-refractivity contribution in [2.75, 3.05) is 18.1 Å². The molecule has 0 rings (SSSR count). The molecular formula is C14H26N4O6S2. The number of carbonyl (C=O) groups is 4. The summed E-state index contributed by atoms with van der Waals surface area (Å²) in [6.45, 7) is 2.59. The van der Waals surface area contributed by atoms with Crippen molar-refractivity contribution in [1.29, 1.82) is 0 Å². The molecule has 0 bridgehead atoms. The van der Waals surface area contributed by atoms with Gasteiger partial charge < -0.3 is 31.9 Å². The van der Waals surface area contributed by atoms with Crippen LogP contribution in [0, 0.1) is 5.92 Å². The van der Waals surface area contributed by atoms with Crippen molar-refractivity contribution >= 4 is 48.9 Å². The smallest absolute Gasteiger partial charge is 0.327 e. The molecule has 0 aliphatic rings. The molecule has 4 unspecified atom stereocenters. The lowest BCUT2D eigenvalue weighted by atomic mass is 10.0. The van der Waals surface area contributed by atoms with E-state index in [1.54, 1.807) is 13.8 Å². The van der Waals surface area contributed by atoms with Gasteiger partial charge in [-0.05, 0) is 5.92 Å². The zero-order chi connectivity index (χ0) is 20.4. The molecule has 10 nitrogen and oxygen atoms in total. The van der Waals surface area contributed by atoms with Gasteiger partial charge in [0, 0.05) is 11.5 Å². The van der Waals surface area contributed by atoms with E-state index in [1.165, 1.54) is 0 Å². The number of carbonyl (C=O) groups excluding carboxylic acids is 3. The summed E-state index contributed by atoms with van der Waals surface area (Å²) in [6, 6.07) is -4.57. The summed E-state index contributed by atoms with van der Waals surface area (Å²) in [6.07, 6.45) is 0. The lowest BCUT2D eigenvalue weighted by Crippen LogP contribution is -2.59. The molecule has 0 radical (unpaired) electrons. The first-order valence-corrected chi connectivity index (χ1v) is 9.07. The number of hydrogen-bond donors (Lipinski definition) is 8. The third-order valence-corrected chi connectivity index (χ3v) is 4.15. The number of carboxylic acid groups (broad SMARTS) is 1. The molecule has 12 heteroatoms. The third kappa shape index (κ3) is 7.81. The molecule has 150 valence electrons. The number of amides is 3. The van der Waals surface area contributed by atoms with Gasteiger partial charge in [-0.25, -0.2) is 4.79 Å². The highest BCUT2D eigenvalue weighted by molar-refractivity contribution is 7.80. The average molecular weight is 411 g/mol. The molecule has 4 atom stereocenters. The molecule has 0 aromatic carbocycles. The lowest BCUT2D eigenvalue weighted by molar-refractivity contribution is -0.142. The van der Waals surface area contributed by atoms with Gasteiger partial charge in [-0.2, -0.15) is 25.3 Å². The van der Waals surface area contributed by atoms with Crippen molar-refractivity contribution < 1.29 is 29.4 Å². The molecule has 0 aliphatic heterocycles. The van der Waals surface area contributed by atoms with Crippen LogP contribution < -0.4 is 21.7 Å². The van der Waals surface area contributed by atoms with E-state index in [4.69, 9.17) is 10.8 Å². The number of aliphatic hydroxyl groups is 1. The van der Waals surface area contributed by atoms with E-state index in [2.05, 4.69) is 41.2 Å². The summed E-state index contributed by atoms with van der Waals surface area (Å²) in [5, 5.41) is 25.2. The Morgan fingerprint density at radius 1 is 0.923 bits per heavy atom. The van der Waals surface area contributed by atoms with Gasteiger partial charge in [-0.1, -0.05) is 13.8 Å². The molecule has 0 aliphatic carbocycles. The van der Waals surface area contributed by atoms with Gasteiger partial charge in [-0.3, -0.25) is 14.4 Å². The number of nitrogens with two attached hydrogens (primary N) is 1. The highest BCUT2D eigenvalue weighted by atomic mass is 32.1. The van der Waals surface area contributed by atoms with E-state index in [0.29, 0.717) is 0 Å². The number of nitrogens with one attached hydrogen (secondary N) is 3. The molecule has 0 saturated heterocycles. The van der Waals surface area contributed by atoms with E-state index >= 15 is 0 Å². The molecule has 26 heavy (non-hydrogen) atoms. The van der Waals surface area contributed by atoms with Crippen LogP contribution in [-0.4, -0.2) is 76.2 Å². The van der Waals surface area contributed by atoms with E-state index in [-0.39, 0.29) is 17.4 Å². The summed E-state index contributed by atoms with van der Waals surface area (Å²) in [5.74, 6) is -3.91. The molecule has 0 fully saturated rings. The van der Waals surface area contributed by atoms with Crippen LogP contribution in [0.3, 0.4) is 0 Å². The van der Waals surface area contributed by atoms with Crippen molar-refractivity contribution in [2.24, 2.45) is 11.7 Å². The normalized spacial score (nSPS) is 15.5. The maximum absolute atomic E-state index is 12.4. The topological polar surface area (TPSA) is 171 Å². The van der Waals surface area contributed by atoms with Crippen molar-refractivity contribution in [3.05, 3.63) is 0 Å². The fourth-order valence-electron chi connectivity index (χ4n) is 1.79. The summed E-state index contributed by atoms with van der Waals surface area (Å²) >= 11 is 7.72. The molecule has 0 heterocycles. The number of hydrogen-bond acceptors (Lipinski definition) is 8. The lowest BCUT2D eigenvalue weighted by Gasteiger charge is -2.26. The minimum absolute atomic E-state index is 0.0836. The Morgan fingerprint density at radius 2 is 1.46 bits per heavy atom. The Labute approximate surface area is 162 Å². The summed E-state index contributed by atoms with van der Waals surface area (Å²) in [4.78, 5) is 47.2. The maximum Gasteiger partial charge on any atom is 0.327 e. The van der Waals surface area contributed by atoms with Crippen LogP contribution >= 0.6 is 25.3 Å². The van der Waals surface area contributed by atoms with E-state index in [9.17, 15) is 24.3 Å². The first-order chi connectivity index (χ1) is 12.1. The molecular weight excluding hydrogens is 384 g/mol. The second-order valence-electron chi connectivity index (χ2n) is 5.85. The second-order valence-corrected chi connectivity index (χ2v) is 6.58. The quantitative estimate of drug-likeness (QED) is 0.172. The zero-order valence-electron chi connectivity index (χ0n) is 14.5. The summed E-state index contributed by atoms with van der Waals surface area (Å²) in [5.41, 5.74) is 5.55. The van der Waals surface area contributed by atoms with Gasteiger partial charge >= 0.3 is 5.97 Å². The van der Waals surface area contributed by atoms with E-state index in [1.807, 2.05) is 0 Å². The largest absolute Gasteiger partial charge is 0.480 e. The van der Waals surface area contributed by atoms with Gasteiger partial charge in [-0.15, -0.1) is 0 Å². The van der Waals surface area contributed by atoms with Crippen molar-refractivity contribution in [1.82, 2.24) is 16.0 Å². The summed E-state index contributed by atoms with van der Waals surface area (Å²) < 4.78 is 0. The zero-order valence-corrected chi connectivity index (χ0v) is 16.3. The summed E-state index contributed by atoms with van der Waals surface area (Å²) in [7, 11) is 0. The number of rotatable bonds is 11. The Bertz CT molecular complexity index is 520. The number of aliphatic carboxylic acids is 1. The minimum atomic E-state index is -1.39. The molecule has 0 saturated carbocycles. The van der Waals surface area contributed by atoms with Gasteiger partial charge in [0.15, 0.2) is 0 Å². The van der Waals surface area contributed by atoms with Crippen LogP contribution in [0.25, 0.3) is 0 Å². The van der Waals surface area contributed by atoms with Crippen LogP contribution in [0.5, 0.6) is 0 Å². The van der Waals surface area contributed by atoms with Crippen molar-refractivity contribution in [3.8, 4) is 0 Å². The monoisotopic (exact) mass is 410 g/mol. The first-order valence-electron chi connectivity index (χ1n) is 7.81. The Balaban J connectivity index is 5.04. The van der Waals surface area contributed by atoms with Crippen LogP contribution in [0.4, 0.5) is 0 Å². The van der Waals surface area contributed by atoms with Gasteiger partial charge in [0.2, 0.25) is 17.7 Å². The van der Waals surface area contributed by atoms with Crippen LogP contribution in [0.15, 0.2) is 0 Å². The molecule has 7 N–H and O–H groups in total. The average Bonchev–Trinajstić information content (AvgIpc) is 2.59.